The van der Waals surface area contributed by atoms with Gasteiger partial charge in [0.25, 0.3) is 0 Å². The molecule has 1 amide bonds. The highest BCUT2D eigenvalue weighted by Gasteiger charge is 2.25. The number of carbonyl (C=O) groups excluding carboxylic acids is 1. The van der Waals surface area contributed by atoms with Crippen LogP contribution in [0.2, 0.25) is 0 Å². The summed E-state index contributed by atoms with van der Waals surface area (Å²) < 4.78 is 0. The number of halogens is 1. The molecule has 0 aromatic rings. The summed E-state index contributed by atoms with van der Waals surface area (Å²) >= 11 is 5.66. The third kappa shape index (κ3) is 4.32. The maximum Gasteiger partial charge on any atom is 0.224 e. The lowest BCUT2D eigenvalue weighted by atomic mass is 10.1. The van der Waals surface area contributed by atoms with Crippen LogP contribution in [0.5, 0.6) is 0 Å². The molecule has 0 radical (unpaired) electrons. The van der Waals surface area contributed by atoms with Crippen molar-refractivity contribution in [2.24, 2.45) is 5.92 Å². The molecule has 0 heterocycles. The summed E-state index contributed by atoms with van der Waals surface area (Å²) in [7, 11) is 0. The number of amides is 1. The molecule has 1 saturated carbocycles. The largest absolute Gasteiger partial charge is 0.340 e. The van der Waals surface area contributed by atoms with Gasteiger partial charge in [0, 0.05) is 24.9 Å². The van der Waals surface area contributed by atoms with Crippen LogP contribution in [0.15, 0.2) is 0 Å². The topological polar surface area (TPSA) is 20.3 Å². The Morgan fingerprint density at radius 3 is 2.50 bits per heavy atom. The van der Waals surface area contributed by atoms with Gasteiger partial charge in [0.15, 0.2) is 0 Å². The minimum absolute atomic E-state index is 0.252. The summed E-state index contributed by atoms with van der Waals surface area (Å²) in [4.78, 5) is 14.1. The first kappa shape index (κ1) is 13.8. The molecule has 0 spiro atoms. The standard InChI is InChI=1S/C13H24ClNO/c1-11(2)8-10-15(13(16)7-9-14)12-5-3-4-6-12/h11-12H,3-10H2,1-2H3. The summed E-state index contributed by atoms with van der Waals surface area (Å²) in [6.07, 6.45) is 6.52. The van der Waals surface area contributed by atoms with Gasteiger partial charge in [-0.1, -0.05) is 26.7 Å². The van der Waals surface area contributed by atoms with Crippen LogP contribution in [-0.2, 0) is 4.79 Å². The lowest BCUT2D eigenvalue weighted by Crippen LogP contribution is -2.40. The third-order valence-electron chi connectivity index (χ3n) is 3.34. The quantitative estimate of drug-likeness (QED) is 0.657. The number of hydrogen-bond donors (Lipinski definition) is 0. The zero-order valence-corrected chi connectivity index (χ0v) is 11.3. The van der Waals surface area contributed by atoms with E-state index < -0.39 is 0 Å². The normalized spacial score (nSPS) is 17.0. The second kappa shape index (κ2) is 7.16. The molecule has 0 bridgehead atoms. The smallest absolute Gasteiger partial charge is 0.224 e. The Morgan fingerprint density at radius 1 is 1.38 bits per heavy atom. The van der Waals surface area contributed by atoms with E-state index >= 15 is 0 Å². The number of rotatable bonds is 6. The van der Waals surface area contributed by atoms with Crippen molar-refractivity contribution in [1.82, 2.24) is 4.90 Å². The molecule has 94 valence electrons. The Balaban J connectivity index is 2.49. The molecule has 0 saturated heterocycles. The van der Waals surface area contributed by atoms with Gasteiger partial charge in [0.05, 0.1) is 0 Å². The van der Waals surface area contributed by atoms with Crippen LogP contribution >= 0.6 is 11.6 Å². The first-order valence-electron chi connectivity index (χ1n) is 6.50. The molecule has 0 aliphatic heterocycles. The Labute approximate surface area is 104 Å². The van der Waals surface area contributed by atoms with Crippen molar-refractivity contribution >= 4 is 17.5 Å². The van der Waals surface area contributed by atoms with E-state index in [1.165, 1.54) is 25.7 Å². The van der Waals surface area contributed by atoms with Crippen LogP contribution in [0.3, 0.4) is 0 Å². The number of nitrogens with zero attached hydrogens (tertiary/aromatic N) is 1. The summed E-state index contributed by atoms with van der Waals surface area (Å²) in [5.41, 5.74) is 0. The van der Waals surface area contributed by atoms with Crippen LogP contribution in [0.1, 0.15) is 52.4 Å². The van der Waals surface area contributed by atoms with Gasteiger partial charge in [-0.05, 0) is 25.2 Å². The lowest BCUT2D eigenvalue weighted by Gasteiger charge is -2.29. The first-order chi connectivity index (χ1) is 7.65. The molecule has 1 aliphatic carbocycles. The summed E-state index contributed by atoms with van der Waals surface area (Å²) in [5.74, 6) is 1.36. The van der Waals surface area contributed by atoms with Crippen molar-refractivity contribution in [1.29, 1.82) is 0 Å². The van der Waals surface area contributed by atoms with Crippen molar-refractivity contribution in [3.05, 3.63) is 0 Å². The highest BCUT2D eigenvalue weighted by atomic mass is 35.5. The minimum Gasteiger partial charge on any atom is -0.340 e. The van der Waals surface area contributed by atoms with Gasteiger partial charge >= 0.3 is 0 Å². The first-order valence-corrected chi connectivity index (χ1v) is 7.04. The molecule has 0 unspecified atom stereocenters. The Morgan fingerprint density at radius 2 is 2.00 bits per heavy atom. The molecule has 1 aliphatic rings. The van der Waals surface area contributed by atoms with E-state index in [0.29, 0.717) is 24.3 Å². The van der Waals surface area contributed by atoms with E-state index in [0.717, 1.165) is 13.0 Å². The van der Waals surface area contributed by atoms with Gasteiger partial charge in [0.1, 0.15) is 0 Å². The highest BCUT2D eigenvalue weighted by Crippen LogP contribution is 2.24. The van der Waals surface area contributed by atoms with Crippen molar-refractivity contribution in [2.45, 2.75) is 58.4 Å². The lowest BCUT2D eigenvalue weighted by molar-refractivity contribution is -0.133. The maximum atomic E-state index is 12.0. The fourth-order valence-corrected chi connectivity index (χ4v) is 2.51. The van der Waals surface area contributed by atoms with E-state index in [4.69, 9.17) is 11.6 Å². The monoisotopic (exact) mass is 245 g/mol. The Bertz CT molecular complexity index is 212. The maximum absolute atomic E-state index is 12.0. The summed E-state index contributed by atoms with van der Waals surface area (Å²) in [5, 5.41) is 0. The van der Waals surface area contributed by atoms with Gasteiger partial charge in [-0.3, -0.25) is 4.79 Å². The molecule has 1 rings (SSSR count). The van der Waals surface area contributed by atoms with Gasteiger partial charge in [-0.25, -0.2) is 0 Å². The molecular weight excluding hydrogens is 222 g/mol. The fraction of sp³-hybridized carbons (Fsp3) is 0.923. The van der Waals surface area contributed by atoms with Gasteiger partial charge in [-0.2, -0.15) is 0 Å². The number of alkyl halides is 1. The second-order valence-electron chi connectivity index (χ2n) is 5.15. The molecule has 0 aromatic heterocycles. The molecule has 16 heavy (non-hydrogen) atoms. The molecule has 0 atom stereocenters. The van der Waals surface area contributed by atoms with Crippen LogP contribution in [-0.4, -0.2) is 29.3 Å². The zero-order chi connectivity index (χ0) is 12.0. The van der Waals surface area contributed by atoms with Crippen LogP contribution in [0.25, 0.3) is 0 Å². The van der Waals surface area contributed by atoms with Gasteiger partial charge in [0.2, 0.25) is 5.91 Å². The third-order valence-corrected chi connectivity index (χ3v) is 3.53. The molecule has 0 aromatic carbocycles. The van der Waals surface area contributed by atoms with Crippen LogP contribution < -0.4 is 0 Å². The van der Waals surface area contributed by atoms with Crippen LogP contribution in [0.4, 0.5) is 0 Å². The van der Waals surface area contributed by atoms with E-state index in [2.05, 4.69) is 18.7 Å². The van der Waals surface area contributed by atoms with E-state index in [1.54, 1.807) is 0 Å². The number of carbonyl (C=O) groups is 1. The summed E-state index contributed by atoms with van der Waals surface area (Å²) in [6.45, 7) is 5.33. The van der Waals surface area contributed by atoms with E-state index in [9.17, 15) is 4.79 Å². The molecule has 1 fully saturated rings. The van der Waals surface area contributed by atoms with Crippen LogP contribution in [0, 0.1) is 5.92 Å². The SMILES string of the molecule is CC(C)CCN(C(=O)CCCl)C1CCCC1. The predicted molar refractivity (Wildman–Crippen MR) is 68.8 cm³/mol. The minimum atomic E-state index is 0.252. The van der Waals surface area contributed by atoms with Crippen molar-refractivity contribution in [3.8, 4) is 0 Å². The van der Waals surface area contributed by atoms with E-state index in [1.807, 2.05) is 0 Å². The second-order valence-corrected chi connectivity index (χ2v) is 5.52. The molecular formula is C13H24ClNO. The van der Waals surface area contributed by atoms with Gasteiger partial charge < -0.3 is 4.90 Å². The molecule has 2 nitrogen and oxygen atoms in total. The van der Waals surface area contributed by atoms with Crippen molar-refractivity contribution < 1.29 is 4.79 Å². The predicted octanol–water partition coefficient (Wildman–Crippen LogP) is 3.43. The molecule has 0 N–H and O–H groups in total. The average Bonchev–Trinajstić information content (AvgIpc) is 2.71. The van der Waals surface area contributed by atoms with Crippen molar-refractivity contribution in [2.75, 3.05) is 12.4 Å². The van der Waals surface area contributed by atoms with Gasteiger partial charge in [-0.15, -0.1) is 11.6 Å². The van der Waals surface area contributed by atoms with E-state index in [-0.39, 0.29) is 5.91 Å². The average molecular weight is 246 g/mol. The number of hydrogen-bond acceptors (Lipinski definition) is 1. The van der Waals surface area contributed by atoms with Crippen molar-refractivity contribution in [3.63, 3.8) is 0 Å². The Kier molecular flexibility index (Phi) is 6.18. The highest BCUT2D eigenvalue weighted by molar-refractivity contribution is 6.18. The summed E-state index contributed by atoms with van der Waals surface area (Å²) in [6, 6.07) is 0.495. The Hall–Kier alpha value is -0.240. The fourth-order valence-electron chi connectivity index (χ4n) is 2.35. The zero-order valence-electron chi connectivity index (χ0n) is 10.5. The molecule has 3 heteroatoms.